The van der Waals surface area contributed by atoms with Gasteiger partial charge in [-0.15, -0.1) is 0 Å². The minimum absolute atomic E-state index is 0.0272. The van der Waals surface area contributed by atoms with Gasteiger partial charge in [0.2, 0.25) is 0 Å². The molecule has 8 heavy (non-hydrogen) atoms. The summed E-state index contributed by atoms with van der Waals surface area (Å²) in [5.41, 5.74) is 0. The molecule has 0 saturated carbocycles. The number of halogens is 2. The molecule has 0 fully saturated rings. The molecule has 48 valence electrons. The molecule has 2 N–H and O–H groups in total. The van der Waals surface area contributed by atoms with Gasteiger partial charge in [0.25, 0.3) is 0 Å². The Hall–Kier alpha value is 1.12. The van der Waals surface area contributed by atoms with Crippen molar-refractivity contribution in [3.63, 3.8) is 0 Å². The Morgan fingerprint density at radius 2 is 1.25 bits per heavy atom. The Balaban J connectivity index is 3.83. The van der Waals surface area contributed by atoms with Gasteiger partial charge in [-0.2, -0.15) is 0 Å². The van der Waals surface area contributed by atoms with Crippen molar-refractivity contribution in [2.24, 2.45) is 0 Å². The lowest BCUT2D eigenvalue weighted by atomic mass is 10.5. The summed E-state index contributed by atoms with van der Waals surface area (Å²) in [7, 11) is 0. The number of aliphatic hydroxyl groups is 2. The molecule has 0 aromatic carbocycles. The van der Waals surface area contributed by atoms with E-state index in [1.807, 2.05) is 45.2 Å². The van der Waals surface area contributed by atoms with Gasteiger partial charge in [0.05, 0.1) is 13.2 Å². The van der Waals surface area contributed by atoms with Crippen LogP contribution in [0.15, 0.2) is 7.16 Å². The second-order valence-corrected chi connectivity index (χ2v) is 3.73. The third-order valence-corrected chi connectivity index (χ3v) is 3.59. The van der Waals surface area contributed by atoms with E-state index in [1.165, 1.54) is 0 Å². The second kappa shape index (κ2) is 4.95. The monoisotopic (exact) mass is 340 g/mol. The van der Waals surface area contributed by atoms with Crippen LogP contribution in [0.2, 0.25) is 0 Å². The Kier molecular flexibility index (Phi) is 5.64. The summed E-state index contributed by atoms with van der Waals surface area (Å²) in [6.07, 6.45) is 0. The maximum Gasteiger partial charge on any atom is 0.0747 e. The first-order valence-electron chi connectivity index (χ1n) is 1.97. The average molecular weight is 340 g/mol. The van der Waals surface area contributed by atoms with Crippen LogP contribution >= 0.6 is 45.2 Å². The lowest BCUT2D eigenvalue weighted by molar-refractivity contribution is 0.326. The number of hydrogen-bond donors (Lipinski definition) is 2. The molecule has 0 spiro atoms. The van der Waals surface area contributed by atoms with Gasteiger partial charge in [-0.1, -0.05) is 0 Å². The van der Waals surface area contributed by atoms with E-state index in [1.54, 1.807) is 0 Å². The molecule has 0 aliphatic carbocycles. The molecule has 2 nitrogen and oxygen atoms in total. The summed E-state index contributed by atoms with van der Waals surface area (Å²) in [6, 6.07) is 0. The molecular weight excluding hydrogens is 334 g/mol. The molecule has 0 aromatic rings. The third-order valence-electron chi connectivity index (χ3n) is 0.572. The average Bonchev–Trinajstić information content (AvgIpc) is 1.84. The first kappa shape index (κ1) is 9.12. The fourth-order valence-electron chi connectivity index (χ4n) is 0.172. The van der Waals surface area contributed by atoms with Crippen molar-refractivity contribution in [2.75, 3.05) is 13.2 Å². The largest absolute Gasteiger partial charge is 0.391 e. The van der Waals surface area contributed by atoms with Crippen LogP contribution in [0.4, 0.5) is 0 Å². The fraction of sp³-hybridized carbons (Fsp3) is 0.500. The van der Waals surface area contributed by atoms with Crippen LogP contribution in [0.5, 0.6) is 0 Å². The van der Waals surface area contributed by atoms with E-state index in [9.17, 15) is 0 Å². The first-order chi connectivity index (χ1) is 3.72. The Bertz CT molecular complexity index is 88.2. The summed E-state index contributed by atoms with van der Waals surface area (Å²) in [5.74, 6) is 0. The predicted octanol–water partition coefficient (Wildman–Crippen LogP) is 1.05. The van der Waals surface area contributed by atoms with E-state index in [2.05, 4.69) is 0 Å². The summed E-state index contributed by atoms with van der Waals surface area (Å²) in [4.78, 5) is 0. The van der Waals surface area contributed by atoms with Gasteiger partial charge < -0.3 is 10.2 Å². The highest BCUT2D eigenvalue weighted by Gasteiger charge is 1.94. The molecule has 0 amide bonds. The third kappa shape index (κ3) is 3.21. The summed E-state index contributed by atoms with van der Waals surface area (Å²) in [5, 5.41) is 16.9. The van der Waals surface area contributed by atoms with E-state index >= 15 is 0 Å². The first-order valence-corrected chi connectivity index (χ1v) is 4.13. The quantitative estimate of drug-likeness (QED) is 0.738. The summed E-state index contributed by atoms with van der Waals surface area (Å²) >= 11 is 3.99. The SMILES string of the molecule is OCC(I)=C(I)CO. The Morgan fingerprint density at radius 1 is 1.00 bits per heavy atom. The minimum Gasteiger partial charge on any atom is -0.391 e. The highest BCUT2D eigenvalue weighted by atomic mass is 127. The summed E-state index contributed by atoms with van der Waals surface area (Å²) < 4.78 is 1.62. The maximum absolute atomic E-state index is 8.46. The van der Waals surface area contributed by atoms with E-state index in [-0.39, 0.29) is 13.2 Å². The van der Waals surface area contributed by atoms with Crippen molar-refractivity contribution >= 4 is 45.2 Å². The van der Waals surface area contributed by atoms with Crippen LogP contribution in [-0.2, 0) is 0 Å². The van der Waals surface area contributed by atoms with Crippen molar-refractivity contribution in [3.8, 4) is 0 Å². The highest BCUT2D eigenvalue weighted by molar-refractivity contribution is 14.1. The standard InChI is InChI=1S/C4H6I2O2/c5-3(1-7)4(6)2-8/h7-8H,1-2H2. The van der Waals surface area contributed by atoms with Crippen LogP contribution in [0, 0.1) is 0 Å². The van der Waals surface area contributed by atoms with Crippen molar-refractivity contribution in [3.05, 3.63) is 7.16 Å². The van der Waals surface area contributed by atoms with E-state index in [4.69, 9.17) is 10.2 Å². The zero-order valence-corrected chi connectivity index (χ0v) is 8.38. The predicted molar refractivity (Wildman–Crippen MR) is 49.2 cm³/mol. The molecule has 0 radical (unpaired) electrons. The van der Waals surface area contributed by atoms with Gasteiger partial charge in [0.1, 0.15) is 0 Å². The van der Waals surface area contributed by atoms with Crippen molar-refractivity contribution in [2.45, 2.75) is 0 Å². The molecule has 0 rings (SSSR count). The molecule has 0 aromatic heterocycles. The molecule has 4 heteroatoms. The van der Waals surface area contributed by atoms with E-state index in [0.717, 1.165) is 7.16 Å². The maximum atomic E-state index is 8.46. The molecule has 0 heterocycles. The van der Waals surface area contributed by atoms with Gasteiger partial charge in [-0.05, 0) is 45.2 Å². The Labute approximate surface area is 75.3 Å². The van der Waals surface area contributed by atoms with Crippen molar-refractivity contribution in [1.82, 2.24) is 0 Å². The second-order valence-electron chi connectivity index (χ2n) is 1.13. The normalized spacial score (nSPS) is 13.5. The summed E-state index contributed by atoms with van der Waals surface area (Å²) in [6.45, 7) is 0.0544. The van der Waals surface area contributed by atoms with Gasteiger partial charge in [0, 0.05) is 7.16 Å². The van der Waals surface area contributed by atoms with Crippen LogP contribution in [0.3, 0.4) is 0 Å². The van der Waals surface area contributed by atoms with E-state index in [0.29, 0.717) is 0 Å². The number of hydrogen-bond acceptors (Lipinski definition) is 2. The van der Waals surface area contributed by atoms with Crippen LogP contribution in [-0.4, -0.2) is 23.4 Å². The molecule has 0 aliphatic rings. The fourth-order valence-corrected chi connectivity index (χ4v) is 0.513. The van der Waals surface area contributed by atoms with Gasteiger partial charge in [-0.25, -0.2) is 0 Å². The molecular formula is C4H6I2O2. The number of aliphatic hydroxyl groups excluding tert-OH is 2. The van der Waals surface area contributed by atoms with Gasteiger partial charge in [0.15, 0.2) is 0 Å². The number of rotatable bonds is 2. The van der Waals surface area contributed by atoms with Gasteiger partial charge in [-0.3, -0.25) is 0 Å². The molecule has 0 aliphatic heterocycles. The minimum atomic E-state index is 0.0272. The van der Waals surface area contributed by atoms with Crippen molar-refractivity contribution < 1.29 is 10.2 Å². The highest BCUT2D eigenvalue weighted by Crippen LogP contribution is 2.16. The topological polar surface area (TPSA) is 40.5 Å². The zero-order chi connectivity index (χ0) is 6.57. The lowest BCUT2D eigenvalue weighted by Crippen LogP contribution is -1.87. The lowest BCUT2D eigenvalue weighted by Gasteiger charge is -1.94. The van der Waals surface area contributed by atoms with Crippen LogP contribution in [0.1, 0.15) is 0 Å². The van der Waals surface area contributed by atoms with Crippen LogP contribution in [0.25, 0.3) is 0 Å². The van der Waals surface area contributed by atoms with Crippen molar-refractivity contribution in [1.29, 1.82) is 0 Å². The molecule has 0 unspecified atom stereocenters. The molecule has 0 atom stereocenters. The van der Waals surface area contributed by atoms with E-state index < -0.39 is 0 Å². The molecule has 0 saturated heterocycles. The zero-order valence-electron chi connectivity index (χ0n) is 4.06. The smallest absolute Gasteiger partial charge is 0.0747 e. The Morgan fingerprint density at radius 3 is 1.38 bits per heavy atom. The molecule has 0 bridgehead atoms. The van der Waals surface area contributed by atoms with Gasteiger partial charge >= 0.3 is 0 Å². The van der Waals surface area contributed by atoms with Crippen LogP contribution < -0.4 is 0 Å².